The molecule has 8 nitrogen and oxygen atoms in total. The molecule has 27 heteroatoms. The average Bonchev–Trinajstić information content (AvgIpc) is 4.07. The van der Waals surface area contributed by atoms with E-state index in [2.05, 4.69) is 19.9 Å². The van der Waals surface area contributed by atoms with E-state index in [9.17, 15) is 56.3 Å². The molecule has 0 spiro atoms. The minimum Gasteiger partial charge on any atom is -0.354 e. The lowest BCUT2D eigenvalue weighted by Crippen LogP contribution is -2.06. The first kappa shape index (κ1) is 44.4. The number of nitrogens with zero attached hydrogens (tertiary/aromatic N) is 1. The lowest BCUT2D eigenvalue weighted by atomic mass is 10.0. The monoisotopic (exact) mass is 992 g/mol. The van der Waals surface area contributed by atoms with Gasteiger partial charge in [0.25, 0.3) is 18.1 Å². The summed E-state index contributed by atoms with van der Waals surface area (Å²) in [5, 5.41) is 0. The molecule has 0 unspecified atom stereocenters. The maximum absolute atomic E-state index is 15.8. The predicted octanol–water partition coefficient (Wildman–Crippen LogP) is 11.6. The van der Waals surface area contributed by atoms with Crippen LogP contribution in [0.2, 0.25) is 0 Å². The SMILES string of the molecule is O=S(=O)(Cl)C1=Cc2nc1c(-c1c(F)c(F)c(F)c(F)c1F)c1ccc([nH]1)c(-c1c(F)c(F)c(F)c(F)c1F)c1ccc([nH]1)c(-c1c(F)c(F)c(F)c(F)c1F)c1[nH]c2cc1S(=O)(=O)Cl. The quantitative estimate of drug-likeness (QED) is 0.0685. The van der Waals surface area contributed by atoms with Crippen molar-refractivity contribution in [2.75, 3.05) is 0 Å². The van der Waals surface area contributed by atoms with Gasteiger partial charge in [0.1, 0.15) is 9.80 Å². The number of benzene rings is 3. The Morgan fingerprint density at radius 2 is 0.719 bits per heavy atom. The van der Waals surface area contributed by atoms with Gasteiger partial charge < -0.3 is 15.0 Å². The normalized spacial score (nSPS) is 12.8. The molecule has 64 heavy (non-hydrogen) atoms. The molecule has 0 saturated heterocycles. The average molecular weight is 994 g/mol. The van der Waals surface area contributed by atoms with Gasteiger partial charge in [-0.05, 0) is 36.4 Å². The van der Waals surface area contributed by atoms with Crippen molar-refractivity contribution in [1.82, 2.24) is 19.9 Å². The maximum Gasteiger partial charge on any atom is 0.263 e. The summed E-state index contributed by atoms with van der Waals surface area (Å²) in [5.41, 5.74) is -18.5. The first-order valence-corrected chi connectivity index (χ1v) is 21.3. The van der Waals surface area contributed by atoms with Crippen molar-refractivity contribution >= 4 is 83.5 Å². The second-order valence-electron chi connectivity index (χ2n) is 13.2. The lowest BCUT2D eigenvalue weighted by molar-refractivity contribution is 0.381. The van der Waals surface area contributed by atoms with E-state index in [1.807, 2.05) is 0 Å². The molecule has 1 aliphatic rings. The van der Waals surface area contributed by atoms with Gasteiger partial charge in [-0.25, -0.2) is 87.7 Å². The van der Waals surface area contributed by atoms with E-state index in [-0.39, 0.29) is 0 Å². The molecular formula is C37H9Cl2F15N4O4S2. The maximum atomic E-state index is 15.8. The number of halogens is 17. The molecule has 8 bridgehead atoms. The van der Waals surface area contributed by atoms with Crippen LogP contribution in [0.4, 0.5) is 65.9 Å². The molecule has 5 heterocycles. The summed E-state index contributed by atoms with van der Waals surface area (Å²) >= 11 is 0. The number of nitrogens with one attached hydrogen (secondary N) is 3. The van der Waals surface area contributed by atoms with Gasteiger partial charge in [0, 0.05) is 60.1 Å². The number of hydrogen-bond donors (Lipinski definition) is 3. The first-order chi connectivity index (χ1) is 29.8. The molecular weight excluding hydrogens is 984 g/mol. The molecule has 3 N–H and O–H groups in total. The minimum atomic E-state index is -5.39. The summed E-state index contributed by atoms with van der Waals surface area (Å²) in [6, 6.07) is 2.78. The Balaban J connectivity index is 1.77. The van der Waals surface area contributed by atoms with E-state index in [1.54, 1.807) is 0 Å². The third-order valence-corrected chi connectivity index (χ3v) is 12.3. The van der Waals surface area contributed by atoms with Crippen LogP contribution in [0.15, 0.2) is 35.2 Å². The number of hydrogen-bond acceptors (Lipinski definition) is 5. The molecule has 0 saturated carbocycles. The van der Waals surface area contributed by atoms with Crippen molar-refractivity contribution < 1.29 is 82.7 Å². The van der Waals surface area contributed by atoms with Gasteiger partial charge in [-0.15, -0.1) is 0 Å². The Morgan fingerprint density at radius 3 is 1.09 bits per heavy atom. The summed E-state index contributed by atoms with van der Waals surface area (Å²) in [6.07, 6.45) is 0.372. The lowest BCUT2D eigenvalue weighted by Gasteiger charge is -2.12. The predicted molar refractivity (Wildman–Crippen MR) is 198 cm³/mol. The van der Waals surface area contributed by atoms with Crippen molar-refractivity contribution in [3.63, 3.8) is 0 Å². The van der Waals surface area contributed by atoms with Gasteiger partial charge in [0.05, 0.1) is 39.1 Å². The van der Waals surface area contributed by atoms with Crippen LogP contribution in [0, 0.1) is 87.3 Å². The second kappa shape index (κ2) is 15.0. The highest BCUT2D eigenvalue weighted by Gasteiger charge is 2.36. The summed E-state index contributed by atoms with van der Waals surface area (Å²) in [6.45, 7) is 0. The van der Waals surface area contributed by atoms with Crippen molar-refractivity contribution in [3.8, 4) is 33.4 Å². The van der Waals surface area contributed by atoms with Gasteiger partial charge in [-0.2, -0.15) is 0 Å². The standard InChI is InChI=1S/C37H9Cl2F15N4O4S2/c38-63(59,60)13-5-11-12-6-14(64(39,61)62)37(58-12)17(20-25(44)31(50)35(54)32(51)26(20)45)10-4-2-8(56-10)15(18-21(40)27(46)33(52)28(47)22(18)41)7-1-3-9(55-7)16(36(13)57-11)19-23(42)29(48)34(53)30(49)24(19)43/h1-6,55-57H. The van der Waals surface area contributed by atoms with Crippen molar-refractivity contribution in [3.05, 3.63) is 129 Å². The second-order valence-corrected chi connectivity index (χ2v) is 18.3. The van der Waals surface area contributed by atoms with Gasteiger partial charge in [0.15, 0.2) is 69.8 Å². The highest BCUT2D eigenvalue weighted by atomic mass is 35.7. The van der Waals surface area contributed by atoms with Crippen LogP contribution in [0.3, 0.4) is 0 Å². The number of fused-ring (bicyclic) bond motifs is 9. The fraction of sp³-hybridized carbons (Fsp3) is 0. The molecule has 1 aliphatic heterocycles. The molecule has 332 valence electrons. The zero-order valence-corrected chi connectivity index (χ0v) is 32.9. The van der Waals surface area contributed by atoms with Crippen LogP contribution < -0.4 is 0 Å². The van der Waals surface area contributed by atoms with Crippen LogP contribution in [0.1, 0.15) is 11.4 Å². The molecule has 3 aromatic carbocycles. The van der Waals surface area contributed by atoms with E-state index >= 15 is 26.3 Å². The van der Waals surface area contributed by atoms with Crippen molar-refractivity contribution in [1.29, 1.82) is 0 Å². The van der Waals surface area contributed by atoms with Gasteiger partial charge in [-0.3, -0.25) is 0 Å². The van der Waals surface area contributed by atoms with Crippen LogP contribution in [0.25, 0.3) is 77.5 Å². The highest BCUT2D eigenvalue weighted by molar-refractivity contribution is 8.21. The Bertz CT molecular complexity index is 3620. The highest BCUT2D eigenvalue weighted by Crippen LogP contribution is 2.45. The zero-order chi connectivity index (χ0) is 47.0. The van der Waals surface area contributed by atoms with Crippen LogP contribution >= 0.6 is 21.4 Å². The third-order valence-electron chi connectivity index (χ3n) is 9.63. The van der Waals surface area contributed by atoms with E-state index in [0.717, 1.165) is 0 Å². The van der Waals surface area contributed by atoms with Crippen LogP contribution in [0.5, 0.6) is 0 Å². The summed E-state index contributed by atoms with van der Waals surface area (Å²) in [7, 11) is 0.524. The zero-order valence-electron chi connectivity index (χ0n) is 29.8. The van der Waals surface area contributed by atoms with Crippen LogP contribution in [-0.2, 0) is 18.1 Å². The van der Waals surface area contributed by atoms with Crippen molar-refractivity contribution in [2.45, 2.75) is 4.90 Å². The molecule has 0 atom stereocenters. The Kier molecular flexibility index (Phi) is 10.4. The largest absolute Gasteiger partial charge is 0.354 e. The van der Waals surface area contributed by atoms with Crippen LogP contribution in [-0.4, -0.2) is 36.8 Å². The molecule has 8 rings (SSSR count). The van der Waals surface area contributed by atoms with E-state index in [0.29, 0.717) is 36.4 Å². The van der Waals surface area contributed by atoms with Gasteiger partial charge in [-0.1, -0.05) is 0 Å². The van der Waals surface area contributed by atoms with Gasteiger partial charge >= 0.3 is 0 Å². The number of H-pyrrole nitrogens is 3. The fourth-order valence-corrected chi connectivity index (χ4v) is 8.90. The molecule has 7 aromatic rings. The molecule has 4 aromatic heterocycles. The first-order valence-electron chi connectivity index (χ1n) is 16.6. The summed E-state index contributed by atoms with van der Waals surface area (Å²) < 4.78 is 280. The number of aromatic amines is 3. The van der Waals surface area contributed by atoms with E-state index in [4.69, 9.17) is 21.4 Å². The van der Waals surface area contributed by atoms with Crippen molar-refractivity contribution in [2.24, 2.45) is 0 Å². The molecule has 0 amide bonds. The van der Waals surface area contributed by atoms with Gasteiger partial charge in [0.2, 0.25) is 17.5 Å². The molecule has 0 fully saturated rings. The molecule has 0 radical (unpaired) electrons. The van der Waals surface area contributed by atoms with E-state index in [1.165, 1.54) is 0 Å². The Hall–Kier alpha value is -6.18. The number of aromatic nitrogens is 4. The summed E-state index contributed by atoms with van der Waals surface area (Å²) in [5.74, 6) is -40.1. The Labute approximate surface area is 352 Å². The Morgan fingerprint density at radius 1 is 0.391 bits per heavy atom. The number of rotatable bonds is 5. The third kappa shape index (κ3) is 6.57. The van der Waals surface area contributed by atoms with E-state index < -0.39 is 193 Å². The summed E-state index contributed by atoms with van der Waals surface area (Å²) in [4.78, 5) is 7.68. The smallest absolute Gasteiger partial charge is 0.263 e. The minimum absolute atomic E-state index is 0.372. The topological polar surface area (TPSA) is 129 Å². The fourth-order valence-electron chi connectivity index (χ4n) is 6.89. The molecule has 0 aliphatic carbocycles.